The molecule has 5 heteroatoms. The molecule has 32 heavy (non-hydrogen) atoms. The van der Waals surface area contributed by atoms with Gasteiger partial charge in [-0.3, -0.25) is 0 Å². The highest BCUT2D eigenvalue weighted by molar-refractivity contribution is 5.76. The van der Waals surface area contributed by atoms with Crippen LogP contribution in [0.4, 0.5) is 13.6 Å². The number of urea groups is 1. The van der Waals surface area contributed by atoms with Crippen molar-refractivity contribution in [3.8, 4) is 0 Å². The van der Waals surface area contributed by atoms with E-state index in [0.29, 0.717) is 11.1 Å². The number of nitrogens with one attached hydrogen (secondary N) is 2. The lowest BCUT2D eigenvalue weighted by Gasteiger charge is -2.24. The Morgan fingerprint density at radius 2 is 0.875 bits per heavy atom. The van der Waals surface area contributed by atoms with Crippen LogP contribution < -0.4 is 10.6 Å². The molecule has 0 aliphatic rings. The molecule has 2 atom stereocenters. The third kappa shape index (κ3) is 4.83. The fourth-order valence-electron chi connectivity index (χ4n) is 3.69. The Labute approximate surface area is 185 Å². The molecule has 0 aromatic heterocycles. The van der Waals surface area contributed by atoms with Gasteiger partial charge in [-0.15, -0.1) is 0 Å². The van der Waals surface area contributed by atoms with Crippen molar-refractivity contribution in [1.29, 1.82) is 0 Å². The standard InChI is InChI=1S/C27H22F2N2O/c28-23-17-9-7-15-21(23)25(19-11-3-1-4-12-19)30-27(32)31-26(20-13-5-2-6-14-20)22-16-8-10-18-24(22)29/h1-18,25-26H,(H2,30,31,32)/t25-,26-/m0/s1. The summed E-state index contributed by atoms with van der Waals surface area (Å²) in [4.78, 5) is 13.1. The average molecular weight is 428 g/mol. The Balaban J connectivity index is 1.65. The summed E-state index contributed by atoms with van der Waals surface area (Å²) >= 11 is 0. The fourth-order valence-corrected chi connectivity index (χ4v) is 3.69. The molecule has 0 spiro atoms. The zero-order chi connectivity index (χ0) is 22.3. The van der Waals surface area contributed by atoms with E-state index in [0.717, 1.165) is 11.1 Å². The van der Waals surface area contributed by atoms with Gasteiger partial charge in [-0.05, 0) is 23.3 Å². The molecule has 4 rings (SSSR count). The van der Waals surface area contributed by atoms with Gasteiger partial charge >= 0.3 is 6.03 Å². The highest BCUT2D eigenvalue weighted by Gasteiger charge is 2.24. The zero-order valence-electron chi connectivity index (χ0n) is 17.2. The van der Waals surface area contributed by atoms with E-state index in [1.807, 2.05) is 60.7 Å². The SMILES string of the molecule is O=C(N[C@@H](c1ccccc1)c1ccccc1F)N[C@@H](c1ccccc1)c1ccccc1F. The van der Waals surface area contributed by atoms with Crippen LogP contribution in [-0.2, 0) is 0 Å². The van der Waals surface area contributed by atoms with Gasteiger partial charge in [0.2, 0.25) is 0 Å². The maximum atomic E-state index is 14.6. The number of halogens is 2. The number of carbonyl (C=O) groups is 1. The summed E-state index contributed by atoms with van der Waals surface area (Å²) in [5, 5.41) is 5.73. The average Bonchev–Trinajstić information content (AvgIpc) is 2.83. The van der Waals surface area contributed by atoms with Gasteiger partial charge in [-0.25, -0.2) is 13.6 Å². The second-order valence-electron chi connectivity index (χ2n) is 7.35. The minimum Gasteiger partial charge on any atom is -0.327 e. The van der Waals surface area contributed by atoms with Crippen molar-refractivity contribution in [2.24, 2.45) is 0 Å². The topological polar surface area (TPSA) is 41.1 Å². The Bertz CT molecular complexity index is 1090. The van der Waals surface area contributed by atoms with E-state index in [1.54, 1.807) is 36.4 Å². The van der Waals surface area contributed by atoms with Gasteiger partial charge in [-0.1, -0.05) is 97.1 Å². The van der Waals surface area contributed by atoms with Crippen molar-refractivity contribution in [2.75, 3.05) is 0 Å². The van der Waals surface area contributed by atoms with Gasteiger partial charge in [0.05, 0.1) is 12.1 Å². The molecule has 0 aliphatic heterocycles. The van der Waals surface area contributed by atoms with E-state index in [1.165, 1.54) is 12.1 Å². The monoisotopic (exact) mass is 428 g/mol. The molecule has 4 aromatic rings. The van der Waals surface area contributed by atoms with Gasteiger partial charge in [-0.2, -0.15) is 0 Å². The van der Waals surface area contributed by atoms with Crippen LogP contribution in [0.1, 0.15) is 34.3 Å². The molecule has 0 heterocycles. The molecule has 0 bridgehead atoms. The molecule has 0 saturated heterocycles. The summed E-state index contributed by atoms with van der Waals surface area (Å²) in [6.07, 6.45) is 0. The van der Waals surface area contributed by atoms with Crippen LogP contribution in [0.15, 0.2) is 109 Å². The summed E-state index contributed by atoms with van der Waals surface area (Å²) in [5.74, 6) is -0.842. The van der Waals surface area contributed by atoms with Crippen molar-refractivity contribution >= 4 is 6.03 Å². The number of carbonyl (C=O) groups excluding carboxylic acids is 1. The fraction of sp³-hybridized carbons (Fsp3) is 0.0741. The van der Waals surface area contributed by atoms with E-state index >= 15 is 0 Å². The van der Waals surface area contributed by atoms with Gasteiger partial charge in [0.25, 0.3) is 0 Å². The van der Waals surface area contributed by atoms with E-state index in [2.05, 4.69) is 10.6 Å². The maximum Gasteiger partial charge on any atom is 0.316 e. The van der Waals surface area contributed by atoms with Gasteiger partial charge in [0.1, 0.15) is 11.6 Å². The van der Waals surface area contributed by atoms with E-state index in [-0.39, 0.29) is 0 Å². The minimum absolute atomic E-state index is 0.344. The van der Waals surface area contributed by atoms with Gasteiger partial charge in [0.15, 0.2) is 0 Å². The molecule has 2 amide bonds. The Kier molecular flexibility index (Phi) is 6.56. The third-order valence-corrected chi connectivity index (χ3v) is 5.25. The molecule has 0 radical (unpaired) electrons. The largest absolute Gasteiger partial charge is 0.327 e. The molecule has 3 nitrogen and oxygen atoms in total. The first-order valence-corrected chi connectivity index (χ1v) is 10.3. The smallest absolute Gasteiger partial charge is 0.316 e. The first-order chi connectivity index (χ1) is 15.6. The van der Waals surface area contributed by atoms with Crippen molar-refractivity contribution in [2.45, 2.75) is 12.1 Å². The van der Waals surface area contributed by atoms with Crippen LogP contribution in [0.3, 0.4) is 0 Å². The molecular weight excluding hydrogens is 406 g/mol. The highest BCUT2D eigenvalue weighted by atomic mass is 19.1. The maximum absolute atomic E-state index is 14.6. The Hall–Kier alpha value is -3.99. The van der Waals surface area contributed by atoms with Crippen LogP contribution in [0, 0.1) is 11.6 Å². The lowest BCUT2D eigenvalue weighted by Crippen LogP contribution is -2.41. The van der Waals surface area contributed by atoms with E-state index < -0.39 is 29.7 Å². The van der Waals surface area contributed by atoms with Crippen LogP contribution >= 0.6 is 0 Å². The summed E-state index contributed by atoms with van der Waals surface area (Å²) < 4.78 is 29.2. The molecule has 0 saturated carbocycles. The Morgan fingerprint density at radius 3 is 1.25 bits per heavy atom. The van der Waals surface area contributed by atoms with Crippen LogP contribution in [0.5, 0.6) is 0 Å². The molecule has 4 aromatic carbocycles. The number of hydrogen-bond donors (Lipinski definition) is 2. The molecule has 0 aliphatic carbocycles. The van der Waals surface area contributed by atoms with Crippen LogP contribution in [0.2, 0.25) is 0 Å². The first kappa shape index (κ1) is 21.2. The Morgan fingerprint density at radius 1 is 0.531 bits per heavy atom. The van der Waals surface area contributed by atoms with E-state index in [4.69, 9.17) is 0 Å². The first-order valence-electron chi connectivity index (χ1n) is 10.3. The number of amides is 2. The lowest BCUT2D eigenvalue weighted by atomic mass is 9.97. The molecule has 0 unspecified atom stereocenters. The second kappa shape index (κ2) is 9.88. The summed E-state index contributed by atoms with van der Waals surface area (Å²) in [7, 11) is 0. The summed E-state index contributed by atoms with van der Waals surface area (Å²) in [6.45, 7) is 0. The van der Waals surface area contributed by atoms with Crippen LogP contribution in [-0.4, -0.2) is 6.03 Å². The van der Waals surface area contributed by atoms with Crippen LogP contribution in [0.25, 0.3) is 0 Å². The quantitative estimate of drug-likeness (QED) is 0.380. The number of hydrogen-bond acceptors (Lipinski definition) is 1. The predicted octanol–water partition coefficient (Wildman–Crippen LogP) is 6.14. The van der Waals surface area contributed by atoms with E-state index in [9.17, 15) is 13.6 Å². The van der Waals surface area contributed by atoms with Crippen molar-refractivity contribution < 1.29 is 13.6 Å². The zero-order valence-corrected chi connectivity index (χ0v) is 17.2. The minimum atomic E-state index is -0.713. The molecular formula is C27H22F2N2O. The number of rotatable bonds is 6. The normalized spacial score (nSPS) is 12.6. The highest BCUT2D eigenvalue weighted by Crippen LogP contribution is 2.27. The number of benzene rings is 4. The predicted molar refractivity (Wildman–Crippen MR) is 121 cm³/mol. The summed E-state index contributed by atoms with van der Waals surface area (Å²) in [5.41, 5.74) is 2.15. The van der Waals surface area contributed by atoms with Gasteiger partial charge < -0.3 is 10.6 Å². The third-order valence-electron chi connectivity index (χ3n) is 5.25. The molecule has 2 N–H and O–H groups in total. The van der Waals surface area contributed by atoms with Crippen molar-refractivity contribution in [1.82, 2.24) is 10.6 Å². The van der Waals surface area contributed by atoms with Gasteiger partial charge in [0, 0.05) is 11.1 Å². The second-order valence-corrected chi connectivity index (χ2v) is 7.35. The van der Waals surface area contributed by atoms with Crippen molar-refractivity contribution in [3.63, 3.8) is 0 Å². The molecule has 0 fully saturated rings. The summed E-state index contributed by atoms with van der Waals surface area (Å²) in [6, 6.07) is 29.0. The molecule has 160 valence electrons. The lowest BCUT2D eigenvalue weighted by molar-refractivity contribution is 0.236. The van der Waals surface area contributed by atoms with Crippen molar-refractivity contribution in [3.05, 3.63) is 143 Å².